The van der Waals surface area contributed by atoms with Crippen LogP contribution < -0.4 is 10.1 Å². The molecular weight excluding hydrogens is 206 g/mol. The first-order chi connectivity index (χ1) is 7.54. The second kappa shape index (κ2) is 5.51. The highest BCUT2D eigenvalue weighted by atomic mass is 16.5. The molecule has 4 heteroatoms. The Kier molecular flexibility index (Phi) is 4.31. The topological polar surface area (TPSA) is 58.6 Å². The number of carbonyl (C=O) groups excluding carboxylic acids is 1. The number of hydrogen-bond donors (Lipinski definition) is 2. The number of aryl methyl sites for hydroxylation is 1. The van der Waals surface area contributed by atoms with Crippen LogP contribution in [-0.4, -0.2) is 24.7 Å². The lowest BCUT2D eigenvalue weighted by Gasteiger charge is -2.11. The lowest BCUT2D eigenvalue weighted by atomic mass is 10.1. The van der Waals surface area contributed by atoms with E-state index in [1.165, 1.54) is 0 Å². The molecule has 2 N–H and O–H groups in total. The monoisotopic (exact) mass is 223 g/mol. The molecule has 4 nitrogen and oxygen atoms in total. The van der Waals surface area contributed by atoms with E-state index in [4.69, 9.17) is 4.74 Å². The summed E-state index contributed by atoms with van der Waals surface area (Å²) < 4.78 is 5.33. The lowest BCUT2D eigenvalue weighted by Crippen LogP contribution is -2.25. The van der Waals surface area contributed by atoms with E-state index < -0.39 is 6.10 Å². The molecule has 0 fully saturated rings. The standard InChI is InChI=1S/C12H17NO3/c1-8-6-10(9(2)14)4-5-11(8)16-7-12(15)13-3/h4-6,9,14H,7H2,1-3H3,(H,13,15)/t9-/m0/s1. The molecule has 0 bridgehead atoms. The van der Waals surface area contributed by atoms with Gasteiger partial charge in [-0.25, -0.2) is 0 Å². The Hall–Kier alpha value is -1.55. The van der Waals surface area contributed by atoms with Gasteiger partial charge in [0.15, 0.2) is 6.61 Å². The van der Waals surface area contributed by atoms with Crippen LogP contribution in [0.25, 0.3) is 0 Å². The van der Waals surface area contributed by atoms with Gasteiger partial charge in [-0.05, 0) is 37.1 Å². The van der Waals surface area contributed by atoms with Gasteiger partial charge in [0.25, 0.3) is 5.91 Å². The zero-order valence-corrected chi connectivity index (χ0v) is 9.78. The van der Waals surface area contributed by atoms with Crippen molar-refractivity contribution in [3.05, 3.63) is 29.3 Å². The minimum absolute atomic E-state index is 0.00532. The van der Waals surface area contributed by atoms with E-state index in [1.54, 1.807) is 26.1 Å². The number of hydrogen-bond acceptors (Lipinski definition) is 3. The van der Waals surface area contributed by atoms with Gasteiger partial charge in [-0.15, -0.1) is 0 Å². The molecule has 88 valence electrons. The summed E-state index contributed by atoms with van der Waals surface area (Å²) in [6.07, 6.45) is -0.494. The maximum atomic E-state index is 11.0. The average molecular weight is 223 g/mol. The van der Waals surface area contributed by atoms with Crippen LogP contribution >= 0.6 is 0 Å². The molecule has 0 radical (unpaired) electrons. The molecular formula is C12H17NO3. The fourth-order valence-electron chi connectivity index (χ4n) is 1.31. The lowest BCUT2D eigenvalue weighted by molar-refractivity contribution is -0.122. The highest BCUT2D eigenvalue weighted by Crippen LogP contribution is 2.22. The van der Waals surface area contributed by atoms with E-state index in [-0.39, 0.29) is 12.5 Å². The predicted octanol–water partition coefficient (Wildman–Crippen LogP) is 1.17. The Labute approximate surface area is 95.2 Å². The van der Waals surface area contributed by atoms with Gasteiger partial charge in [-0.2, -0.15) is 0 Å². The van der Waals surface area contributed by atoms with Crippen molar-refractivity contribution in [2.45, 2.75) is 20.0 Å². The average Bonchev–Trinajstić information content (AvgIpc) is 2.26. The number of carbonyl (C=O) groups is 1. The highest BCUT2D eigenvalue weighted by Gasteiger charge is 2.06. The third-order valence-electron chi connectivity index (χ3n) is 2.32. The molecule has 1 atom stereocenters. The highest BCUT2D eigenvalue weighted by molar-refractivity contribution is 5.77. The molecule has 0 spiro atoms. The molecule has 0 saturated heterocycles. The molecule has 0 aliphatic carbocycles. The molecule has 1 aromatic rings. The van der Waals surface area contributed by atoms with Crippen LogP contribution in [-0.2, 0) is 4.79 Å². The fourth-order valence-corrected chi connectivity index (χ4v) is 1.31. The summed E-state index contributed by atoms with van der Waals surface area (Å²) in [6.45, 7) is 3.59. The van der Waals surface area contributed by atoms with Crippen molar-refractivity contribution in [1.82, 2.24) is 5.32 Å². The Balaban J connectivity index is 2.72. The van der Waals surface area contributed by atoms with Crippen LogP contribution in [0.2, 0.25) is 0 Å². The van der Waals surface area contributed by atoms with Gasteiger partial charge in [-0.3, -0.25) is 4.79 Å². The molecule has 0 saturated carbocycles. The van der Waals surface area contributed by atoms with Crippen LogP contribution in [0, 0.1) is 6.92 Å². The zero-order valence-electron chi connectivity index (χ0n) is 9.78. The van der Waals surface area contributed by atoms with Gasteiger partial charge in [0, 0.05) is 7.05 Å². The molecule has 0 aromatic heterocycles. The minimum Gasteiger partial charge on any atom is -0.484 e. The third kappa shape index (κ3) is 3.24. The Bertz CT molecular complexity index is 375. The van der Waals surface area contributed by atoms with Crippen LogP contribution in [0.1, 0.15) is 24.2 Å². The Morgan fingerprint density at radius 2 is 2.25 bits per heavy atom. The number of nitrogens with one attached hydrogen (secondary N) is 1. The van der Waals surface area contributed by atoms with Gasteiger partial charge < -0.3 is 15.2 Å². The minimum atomic E-state index is -0.494. The first-order valence-electron chi connectivity index (χ1n) is 5.16. The molecule has 0 aliphatic heterocycles. The van der Waals surface area contributed by atoms with Crippen LogP contribution in [0.5, 0.6) is 5.75 Å². The van der Waals surface area contributed by atoms with Gasteiger partial charge in [0.05, 0.1) is 6.10 Å². The zero-order chi connectivity index (χ0) is 12.1. The van der Waals surface area contributed by atoms with Crippen molar-refractivity contribution in [1.29, 1.82) is 0 Å². The van der Waals surface area contributed by atoms with E-state index in [9.17, 15) is 9.90 Å². The number of rotatable bonds is 4. The Morgan fingerprint density at radius 3 is 2.75 bits per heavy atom. The van der Waals surface area contributed by atoms with Crippen molar-refractivity contribution in [3.63, 3.8) is 0 Å². The summed E-state index contributed by atoms with van der Waals surface area (Å²) in [5.41, 5.74) is 1.74. The number of amides is 1. The Morgan fingerprint density at radius 1 is 1.56 bits per heavy atom. The first-order valence-corrected chi connectivity index (χ1v) is 5.16. The van der Waals surface area contributed by atoms with Crippen molar-refractivity contribution in [3.8, 4) is 5.75 Å². The summed E-state index contributed by atoms with van der Waals surface area (Å²) in [5, 5.41) is 11.9. The normalized spacial score (nSPS) is 12.0. The predicted molar refractivity (Wildman–Crippen MR) is 61.4 cm³/mol. The molecule has 0 aliphatic rings. The van der Waals surface area contributed by atoms with E-state index in [0.29, 0.717) is 5.75 Å². The van der Waals surface area contributed by atoms with Gasteiger partial charge in [0.2, 0.25) is 0 Å². The third-order valence-corrected chi connectivity index (χ3v) is 2.32. The van der Waals surface area contributed by atoms with E-state index in [2.05, 4.69) is 5.32 Å². The summed E-state index contributed by atoms with van der Waals surface area (Å²) in [7, 11) is 1.56. The molecule has 1 rings (SSSR count). The van der Waals surface area contributed by atoms with Crippen molar-refractivity contribution >= 4 is 5.91 Å². The van der Waals surface area contributed by atoms with Crippen LogP contribution in [0.3, 0.4) is 0 Å². The number of aliphatic hydroxyl groups is 1. The van der Waals surface area contributed by atoms with Gasteiger partial charge in [0.1, 0.15) is 5.75 Å². The molecule has 1 aromatic carbocycles. The van der Waals surface area contributed by atoms with Gasteiger partial charge in [-0.1, -0.05) is 6.07 Å². The summed E-state index contributed by atoms with van der Waals surface area (Å²) >= 11 is 0. The van der Waals surface area contributed by atoms with Crippen molar-refractivity contribution in [2.75, 3.05) is 13.7 Å². The van der Waals surface area contributed by atoms with Crippen LogP contribution in [0.15, 0.2) is 18.2 Å². The maximum absolute atomic E-state index is 11.0. The van der Waals surface area contributed by atoms with E-state index >= 15 is 0 Å². The SMILES string of the molecule is CNC(=O)COc1ccc([C@H](C)O)cc1C. The molecule has 0 heterocycles. The van der Waals surface area contributed by atoms with E-state index in [1.807, 2.05) is 13.0 Å². The largest absolute Gasteiger partial charge is 0.484 e. The van der Waals surface area contributed by atoms with Gasteiger partial charge >= 0.3 is 0 Å². The van der Waals surface area contributed by atoms with Crippen molar-refractivity contribution in [2.24, 2.45) is 0 Å². The number of aliphatic hydroxyl groups excluding tert-OH is 1. The summed E-state index contributed by atoms with van der Waals surface area (Å²) in [4.78, 5) is 11.0. The number of benzene rings is 1. The van der Waals surface area contributed by atoms with Crippen LogP contribution in [0.4, 0.5) is 0 Å². The molecule has 16 heavy (non-hydrogen) atoms. The maximum Gasteiger partial charge on any atom is 0.257 e. The quantitative estimate of drug-likeness (QED) is 0.805. The smallest absolute Gasteiger partial charge is 0.257 e. The first kappa shape index (κ1) is 12.5. The number of likely N-dealkylation sites (N-methyl/N-ethyl adjacent to an activating group) is 1. The molecule has 1 amide bonds. The summed E-state index contributed by atoms with van der Waals surface area (Å²) in [6, 6.07) is 5.40. The number of ether oxygens (including phenoxy) is 1. The van der Waals surface area contributed by atoms with E-state index in [0.717, 1.165) is 11.1 Å². The van der Waals surface area contributed by atoms with Crippen molar-refractivity contribution < 1.29 is 14.6 Å². The molecule has 0 unspecified atom stereocenters. The second-order valence-corrected chi connectivity index (χ2v) is 3.66. The fraction of sp³-hybridized carbons (Fsp3) is 0.417. The summed E-state index contributed by atoms with van der Waals surface area (Å²) in [5.74, 6) is 0.493. The second-order valence-electron chi connectivity index (χ2n) is 3.66.